The summed E-state index contributed by atoms with van der Waals surface area (Å²) in [6.07, 6.45) is 6.94. The topological polar surface area (TPSA) is 77.6 Å². The van der Waals surface area contributed by atoms with Crippen molar-refractivity contribution in [2.24, 2.45) is 23.7 Å². The lowest BCUT2D eigenvalue weighted by Crippen LogP contribution is -2.44. The lowest BCUT2D eigenvalue weighted by Gasteiger charge is -2.53. The van der Waals surface area contributed by atoms with Gasteiger partial charge in [0.15, 0.2) is 5.82 Å². The van der Waals surface area contributed by atoms with Crippen molar-refractivity contribution in [1.29, 1.82) is 0 Å². The van der Waals surface area contributed by atoms with Crippen LogP contribution in [0.25, 0.3) is 0 Å². The van der Waals surface area contributed by atoms with Crippen molar-refractivity contribution in [2.75, 3.05) is 5.73 Å². The average molecular weight is 231 g/mol. The highest BCUT2D eigenvalue weighted by Crippen LogP contribution is 2.59. The quantitative estimate of drug-likeness (QED) is 0.790. The maximum Gasteiger partial charge on any atom is 0.259 e. The minimum absolute atomic E-state index is 0.178. The van der Waals surface area contributed by atoms with Crippen molar-refractivity contribution in [3.63, 3.8) is 0 Å². The molecular weight excluding hydrogens is 214 g/mol. The van der Waals surface area contributed by atoms with Gasteiger partial charge in [-0.1, -0.05) is 0 Å². The molecule has 0 aliphatic heterocycles. The van der Waals surface area contributed by atoms with Crippen LogP contribution in [-0.4, -0.2) is 20.4 Å². The van der Waals surface area contributed by atoms with E-state index in [0.717, 1.165) is 29.5 Å². The van der Waals surface area contributed by atoms with Gasteiger partial charge < -0.3 is 5.73 Å². The molecule has 0 radical (unpaired) electrons. The van der Waals surface area contributed by atoms with E-state index in [9.17, 15) is 0 Å². The normalized spacial score (nSPS) is 42.9. The minimum atomic E-state index is 0.178. The highest BCUT2D eigenvalue weighted by molar-refractivity contribution is 5.12. The SMILES string of the molecule is Nc1nnc(C2C3CC4CC(C3)CC2C4)nn1. The molecule has 90 valence electrons. The second-order valence-electron chi connectivity index (χ2n) is 6.07. The summed E-state index contributed by atoms with van der Waals surface area (Å²) in [5, 5.41) is 16.1. The monoisotopic (exact) mass is 231 g/mol. The van der Waals surface area contributed by atoms with Gasteiger partial charge in [0.2, 0.25) is 0 Å². The maximum absolute atomic E-state index is 5.45. The van der Waals surface area contributed by atoms with Crippen LogP contribution in [0, 0.1) is 23.7 Å². The Bertz CT molecular complexity index is 401. The van der Waals surface area contributed by atoms with E-state index in [1.54, 1.807) is 0 Å². The highest BCUT2D eigenvalue weighted by Gasteiger charge is 2.49. The predicted molar refractivity (Wildman–Crippen MR) is 61.8 cm³/mol. The maximum atomic E-state index is 5.45. The van der Waals surface area contributed by atoms with Gasteiger partial charge in [0.25, 0.3) is 5.95 Å². The molecule has 1 heterocycles. The second-order valence-corrected chi connectivity index (χ2v) is 6.07. The van der Waals surface area contributed by atoms with Gasteiger partial charge in [-0.2, -0.15) is 0 Å². The molecule has 0 saturated heterocycles. The van der Waals surface area contributed by atoms with Crippen LogP contribution in [0.5, 0.6) is 0 Å². The summed E-state index contributed by atoms with van der Waals surface area (Å²) in [5.74, 6) is 5.03. The zero-order valence-electron chi connectivity index (χ0n) is 9.79. The van der Waals surface area contributed by atoms with Gasteiger partial charge in [0, 0.05) is 5.92 Å². The molecule has 4 aliphatic rings. The Balaban J connectivity index is 1.68. The Morgan fingerprint density at radius 3 is 1.82 bits per heavy atom. The number of hydrogen-bond acceptors (Lipinski definition) is 5. The smallest absolute Gasteiger partial charge is 0.259 e. The zero-order valence-corrected chi connectivity index (χ0v) is 9.79. The summed E-state index contributed by atoms with van der Waals surface area (Å²) in [6.45, 7) is 0. The van der Waals surface area contributed by atoms with E-state index in [1.165, 1.54) is 32.1 Å². The van der Waals surface area contributed by atoms with E-state index in [4.69, 9.17) is 5.73 Å². The van der Waals surface area contributed by atoms with Gasteiger partial charge in [0.1, 0.15) is 0 Å². The summed E-state index contributed by atoms with van der Waals surface area (Å²) in [6, 6.07) is 0. The number of hydrogen-bond donors (Lipinski definition) is 1. The summed E-state index contributed by atoms with van der Waals surface area (Å²) < 4.78 is 0. The molecule has 5 heteroatoms. The third-order valence-electron chi connectivity index (χ3n) is 5.03. The third-order valence-corrected chi connectivity index (χ3v) is 5.03. The number of aromatic nitrogens is 4. The minimum Gasteiger partial charge on any atom is -0.365 e. The summed E-state index contributed by atoms with van der Waals surface area (Å²) >= 11 is 0. The molecule has 4 saturated carbocycles. The Kier molecular flexibility index (Phi) is 1.93. The van der Waals surface area contributed by atoms with Crippen LogP contribution in [0.3, 0.4) is 0 Å². The fourth-order valence-corrected chi connectivity index (χ4v) is 4.73. The van der Waals surface area contributed by atoms with E-state index in [-0.39, 0.29) is 5.95 Å². The molecule has 4 aliphatic carbocycles. The standard InChI is InChI=1S/C12H17N5/c13-12-16-14-11(15-17-12)10-8-2-6-1-7(4-8)5-9(10)3-6/h6-10H,1-5H2,(H2,13,16,17). The molecule has 0 unspecified atom stereocenters. The van der Waals surface area contributed by atoms with E-state index in [2.05, 4.69) is 20.4 Å². The second kappa shape index (κ2) is 3.37. The fraction of sp³-hybridized carbons (Fsp3) is 0.833. The van der Waals surface area contributed by atoms with E-state index >= 15 is 0 Å². The van der Waals surface area contributed by atoms with Gasteiger partial charge in [0.05, 0.1) is 0 Å². The van der Waals surface area contributed by atoms with Gasteiger partial charge >= 0.3 is 0 Å². The van der Waals surface area contributed by atoms with Crippen molar-refractivity contribution in [3.05, 3.63) is 5.82 Å². The third kappa shape index (κ3) is 1.44. The molecule has 0 aromatic carbocycles. The van der Waals surface area contributed by atoms with Crippen molar-refractivity contribution in [1.82, 2.24) is 20.4 Å². The molecule has 17 heavy (non-hydrogen) atoms. The first kappa shape index (κ1) is 9.74. The van der Waals surface area contributed by atoms with Crippen LogP contribution in [0.1, 0.15) is 43.8 Å². The van der Waals surface area contributed by atoms with Gasteiger partial charge in [-0.05, 0) is 55.8 Å². The van der Waals surface area contributed by atoms with E-state index in [1.807, 2.05) is 0 Å². The van der Waals surface area contributed by atoms with Crippen LogP contribution in [-0.2, 0) is 0 Å². The van der Waals surface area contributed by atoms with Crippen LogP contribution in [0.4, 0.5) is 5.95 Å². The van der Waals surface area contributed by atoms with Crippen LogP contribution in [0.2, 0.25) is 0 Å². The van der Waals surface area contributed by atoms with Gasteiger partial charge in [-0.3, -0.25) is 0 Å². The molecule has 1 aromatic heterocycles. The first-order valence-corrected chi connectivity index (χ1v) is 6.62. The summed E-state index contributed by atoms with van der Waals surface area (Å²) in [4.78, 5) is 0. The van der Waals surface area contributed by atoms with Crippen molar-refractivity contribution in [2.45, 2.75) is 38.0 Å². The molecule has 0 amide bonds. The number of rotatable bonds is 1. The lowest BCUT2D eigenvalue weighted by atomic mass is 9.52. The molecule has 5 rings (SSSR count). The molecule has 4 fully saturated rings. The lowest BCUT2D eigenvalue weighted by molar-refractivity contribution is -0.00630. The Labute approximate surface area is 100 Å². The number of anilines is 1. The molecule has 2 N–H and O–H groups in total. The molecule has 0 spiro atoms. The molecule has 1 aromatic rings. The average Bonchev–Trinajstić information content (AvgIpc) is 2.30. The number of nitrogen functional groups attached to an aromatic ring is 1. The van der Waals surface area contributed by atoms with Crippen LogP contribution < -0.4 is 5.73 Å². The van der Waals surface area contributed by atoms with Gasteiger partial charge in [-0.15, -0.1) is 20.4 Å². The Hall–Kier alpha value is -1.26. The molecule has 5 nitrogen and oxygen atoms in total. The van der Waals surface area contributed by atoms with Crippen LogP contribution >= 0.6 is 0 Å². The van der Waals surface area contributed by atoms with Crippen molar-refractivity contribution >= 4 is 5.95 Å². The highest BCUT2D eigenvalue weighted by atomic mass is 15.3. The van der Waals surface area contributed by atoms with Gasteiger partial charge in [-0.25, -0.2) is 0 Å². The first-order valence-electron chi connectivity index (χ1n) is 6.62. The largest absolute Gasteiger partial charge is 0.365 e. The van der Waals surface area contributed by atoms with E-state index < -0.39 is 0 Å². The van der Waals surface area contributed by atoms with Crippen molar-refractivity contribution in [3.8, 4) is 0 Å². The Morgan fingerprint density at radius 2 is 1.29 bits per heavy atom. The van der Waals surface area contributed by atoms with E-state index in [0.29, 0.717) is 5.92 Å². The number of nitrogens with two attached hydrogens (primary N) is 1. The van der Waals surface area contributed by atoms with Crippen LogP contribution in [0.15, 0.2) is 0 Å². The predicted octanol–water partition coefficient (Wildman–Crippen LogP) is 1.39. The first-order chi connectivity index (χ1) is 8.29. The molecule has 0 atom stereocenters. The number of nitrogens with zero attached hydrogens (tertiary/aromatic N) is 4. The molecule has 4 bridgehead atoms. The van der Waals surface area contributed by atoms with Crippen molar-refractivity contribution < 1.29 is 0 Å². The summed E-state index contributed by atoms with van der Waals surface area (Å²) in [7, 11) is 0. The zero-order chi connectivity index (χ0) is 11.4. The molecular formula is C12H17N5. The fourth-order valence-electron chi connectivity index (χ4n) is 4.73. The Morgan fingerprint density at radius 1 is 0.765 bits per heavy atom. The summed E-state index contributed by atoms with van der Waals surface area (Å²) in [5.41, 5.74) is 5.45.